The Bertz CT molecular complexity index is 880. The molecule has 0 fully saturated rings. The molecule has 0 saturated carbocycles. The number of carbonyl (C=O) groups is 3. The molecule has 0 aliphatic rings. The second-order valence-corrected chi connectivity index (χ2v) is 8.90. The molecule has 0 aromatic heterocycles. The first-order valence-corrected chi connectivity index (χ1v) is 10.8. The van der Waals surface area contributed by atoms with E-state index in [1.54, 1.807) is 32.9 Å². The summed E-state index contributed by atoms with van der Waals surface area (Å²) in [5.74, 6) is -0.603. The van der Waals surface area contributed by atoms with Crippen LogP contribution in [-0.4, -0.2) is 36.1 Å². The fraction of sp³-hybridized carbons (Fsp3) is 0.348. The predicted molar refractivity (Wildman–Crippen MR) is 124 cm³/mol. The molecule has 166 valence electrons. The topological polar surface area (TPSA) is 96.5 Å². The van der Waals surface area contributed by atoms with Gasteiger partial charge in [0.2, 0.25) is 11.8 Å². The first-order valence-electron chi connectivity index (χ1n) is 9.99. The van der Waals surface area contributed by atoms with Gasteiger partial charge in [-0.3, -0.25) is 9.59 Å². The maximum Gasteiger partial charge on any atom is 0.408 e. The lowest BCUT2D eigenvalue weighted by atomic mass is 10.1. The molecule has 3 amide bonds. The molecule has 1 unspecified atom stereocenters. The monoisotopic (exact) mass is 489 g/mol. The lowest BCUT2D eigenvalue weighted by Crippen LogP contribution is -2.49. The van der Waals surface area contributed by atoms with Crippen LogP contribution < -0.4 is 16.0 Å². The van der Waals surface area contributed by atoms with Gasteiger partial charge in [0.25, 0.3) is 0 Å². The molecule has 0 bridgehead atoms. The number of alkyl carbamates (subject to hydrolysis) is 1. The van der Waals surface area contributed by atoms with Crippen molar-refractivity contribution in [1.82, 2.24) is 10.6 Å². The molecule has 2 aromatic rings. The van der Waals surface area contributed by atoms with Gasteiger partial charge in [-0.05, 0) is 50.6 Å². The molecular formula is C23H28BrN3O4. The highest BCUT2D eigenvalue weighted by Crippen LogP contribution is 2.14. The van der Waals surface area contributed by atoms with Crippen LogP contribution in [0.4, 0.5) is 10.5 Å². The Morgan fingerprint density at radius 2 is 1.65 bits per heavy atom. The predicted octanol–water partition coefficient (Wildman–Crippen LogP) is 4.03. The molecular weight excluding hydrogens is 462 g/mol. The molecule has 1 atom stereocenters. The quantitative estimate of drug-likeness (QED) is 0.521. The van der Waals surface area contributed by atoms with Gasteiger partial charge >= 0.3 is 6.09 Å². The van der Waals surface area contributed by atoms with Crippen LogP contribution in [0, 0.1) is 0 Å². The fourth-order valence-corrected chi connectivity index (χ4v) is 2.95. The molecule has 7 nitrogen and oxygen atoms in total. The summed E-state index contributed by atoms with van der Waals surface area (Å²) < 4.78 is 6.19. The van der Waals surface area contributed by atoms with E-state index in [1.807, 2.05) is 42.5 Å². The number of ether oxygens (including phenoxy) is 1. The first-order chi connectivity index (χ1) is 14.6. The highest BCUT2D eigenvalue weighted by Gasteiger charge is 2.24. The van der Waals surface area contributed by atoms with Crippen molar-refractivity contribution >= 4 is 39.5 Å². The van der Waals surface area contributed by atoms with Gasteiger partial charge in [-0.25, -0.2) is 4.79 Å². The van der Waals surface area contributed by atoms with E-state index >= 15 is 0 Å². The Balaban J connectivity index is 1.90. The Hall–Kier alpha value is -2.87. The SMILES string of the molecule is CC(C)(C)OC(=O)NC(Cc1ccccc1)C(=O)NCCC(=O)Nc1ccc(Br)cc1. The van der Waals surface area contributed by atoms with Gasteiger partial charge in [0.1, 0.15) is 11.6 Å². The van der Waals surface area contributed by atoms with E-state index in [9.17, 15) is 14.4 Å². The van der Waals surface area contributed by atoms with Crippen LogP contribution in [-0.2, 0) is 20.7 Å². The molecule has 8 heteroatoms. The summed E-state index contributed by atoms with van der Waals surface area (Å²) >= 11 is 3.34. The summed E-state index contributed by atoms with van der Waals surface area (Å²) in [4.78, 5) is 37.0. The number of benzene rings is 2. The zero-order chi connectivity index (χ0) is 22.9. The van der Waals surface area contributed by atoms with Crippen molar-refractivity contribution in [1.29, 1.82) is 0 Å². The average Bonchev–Trinajstić information content (AvgIpc) is 2.68. The molecule has 2 aromatic carbocycles. The Morgan fingerprint density at radius 3 is 2.26 bits per heavy atom. The molecule has 31 heavy (non-hydrogen) atoms. The first kappa shape index (κ1) is 24.4. The maximum atomic E-state index is 12.7. The maximum absolute atomic E-state index is 12.7. The second-order valence-electron chi connectivity index (χ2n) is 7.98. The third kappa shape index (κ3) is 9.65. The van der Waals surface area contributed by atoms with Gasteiger partial charge in [-0.2, -0.15) is 0 Å². The molecule has 3 N–H and O–H groups in total. The molecule has 0 heterocycles. The lowest BCUT2D eigenvalue weighted by Gasteiger charge is -2.23. The highest BCUT2D eigenvalue weighted by molar-refractivity contribution is 9.10. The minimum Gasteiger partial charge on any atom is -0.444 e. The second kappa shape index (κ2) is 11.5. The van der Waals surface area contributed by atoms with E-state index in [4.69, 9.17) is 4.74 Å². The summed E-state index contributed by atoms with van der Waals surface area (Å²) in [5.41, 5.74) is 0.892. The number of anilines is 1. The summed E-state index contributed by atoms with van der Waals surface area (Å²) in [6.45, 7) is 5.40. The largest absolute Gasteiger partial charge is 0.444 e. The van der Waals surface area contributed by atoms with E-state index in [1.165, 1.54) is 0 Å². The lowest BCUT2D eigenvalue weighted by molar-refractivity contribution is -0.123. The van der Waals surface area contributed by atoms with Gasteiger partial charge < -0.3 is 20.7 Å². The number of hydrogen-bond acceptors (Lipinski definition) is 4. The standard InChI is InChI=1S/C23H28BrN3O4/c1-23(2,3)31-22(30)27-19(15-16-7-5-4-6-8-16)21(29)25-14-13-20(28)26-18-11-9-17(24)10-12-18/h4-12,19H,13-15H2,1-3H3,(H,25,29)(H,26,28)(H,27,30). The number of rotatable bonds is 8. The molecule has 0 radical (unpaired) electrons. The normalized spacial score (nSPS) is 11.9. The van der Waals surface area contributed by atoms with Crippen molar-refractivity contribution in [2.45, 2.75) is 45.3 Å². The van der Waals surface area contributed by atoms with Crippen molar-refractivity contribution < 1.29 is 19.1 Å². The van der Waals surface area contributed by atoms with E-state index < -0.39 is 17.7 Å². The minimum atomic E-state index is -0.827. The van der Waals surface area contributed by atoms with E-state index in [2.05, 4.69) is 31.9 Å². The number of amides is 3. The smallest absolute Gasteiger partial charge is 0.408 e. The van der Waals surface area contributed by atoms with Crippen LogP contribution >= 0.6 is 15.9 Å². The van der Waals surface area contributed by atoms with Crippen LogP contribution in [0.5, 0.6) is 0 Å². The van der Waals surface area contributed by atoms with Crippen LogP contribution in [0.2, 0.25) is 0 Å². The summed E-state index contributed by atoms with van der Waals surface area (Å²) in [6.07, 6.45) is -0.264. The van der Waals surface area contributed by atoms with Crippen molar-refractivity contribution in [2.24, 2.45) is 0 Å². The van der Waals surface area contributed by atoms with Gasteiger partial charge in [-0.1, -0.05) is 46.3 Å². The number of halogens is 1. The molecule has 0 spiro atoms. The van der Waals surface area contributed by atoms with Crippen LogP contribution in [0.1, 0.15) is 32.8 Å². The van der Waals surface area contributed by atoms with E-state index in [-0.39, 0.29) is 24.8 Å². The summed E-state index contributed by atoms with van der Waals surface area (Å²) in [7, 11) is 0. The third-order valence-corrected chi connectivity index (χ3v) is 4.60. The Kier molecular flexibility index (Phi) is 9.05. The zero-order valence-corrected chi connectivity index (χ0v) is 19.5. The summed E-state index contributed by atoms with van der Waals surface area (Å²) in [5, 5.41) is 8.12. The van der Waals surface area contributed by atoms with Crippen LogP contribution in [0.3, 0.4) is 0 Å². The van der Waals surface area contributed by atoms with Crippen molar-refractivity contribution in [3.8, 4) is 0 Å². The van der Waals surface area contributed by atoms with Crippen LogP contribution in [0.25, 0.3) is 0 Å². The highest BCUT2D eigenvalue weighted by atomic mass is 79.9. The van der Waals surface area contributed by atoms with Crippen molar-refractivity contribution in [2.75, 3.05) is 11.9 Å². The third-order valence-electron chi connectivity index (χ3n) is 4.07. The van der Waals surface area contributed by atoms with Gasteiger partial charge in [0.05, 0.1) is 0 Å². The molecule has 0 aliphatic heterocycles. The van der Waals surface area contributed by atoms with Crippen molar-refractivity contribution in [3.63, 3.8) is 0 Å². The van der Waals surface area contributed by atoms with Gasteiger partial charge in [-0.15, -0.1) is 0 Å². The Labute approximate surface area is 191 Å². The van der Waals surface area contributed by atoms with E-state index in [0.717, 1.165) is 10.0 Å². The summed E-state index contributed by atoms with van der Waals surface area (Å²) in [6, 6.07) is 15.8. The zero-order valence-electron chi connectivity index (χ0n) is 17.9. The number of hydrogen-bond donors (Lipinski definition) is 3. The minimum absolute atomic E-state index is 0.103. The molecule has 0 saturated heterocycles. The average molecular weight is 490 g/mol. The number of carbonyl (C=O) groups excluding carboxylic acids is 3. The van der Waals surface area contributed by atoms with Crippen molar-refractivity contribution in [3.05, 3.63) is 64.6 Å². The fourth-order valence-electron chi connectivity index (χ4n) is 2.69. The van der Waals surface area contributed by atoms with E-state index in [0.29, 0.717) is 12.1 Å². The molecule has 0 aliphatic carbocycles. The van der Waals surface area contributed by atoms with Crippen LogP contribution in [0.15, 0.2) is 59.1 Å². The van der Waals surface area contributed by atoms with Gasteiger partial charge in [0, 0.05) is 29.5 Å². The van der Waals surface area contributed by atoms with Gasteiger partial charge in [0.15, 0.2) is 0 Å². The number of nitrogens with one attached hydrogen (secondary N) is 3. The Morgan fingerprint density at radius 1 is 1.00 bits per heavy atom. The molecule has 2 rings (SSSR count).